The van der Waals surface area contributed by atoms with Gasteiger partial charge in [0.25, 0.3) is 10.0 Å². The molecule has 1 aliphatic heterocycles. The van der Waals surface area contributed by atoms with E-state index in [0.717, 1.165) is 4.41 Å². The van der Waals surface area contributed by atoms with Gasteiger partial charge in [0, 0.05) is 12.0 Å². The third-order valence-corrected chi connectivity index (χ3v) is 5.89. The quantitative estimate of drug-likeness (QED) is 0.698. The Morgan fingerprint density at radius 3 is 2.54 bits per heavy atom. The molecule has 0 bridgehead atoms. The first kappa shape index (κ1) is 16.5. The Morgan fingerprint density at radius 2 is 1.85 bits per heavy atom. The second-order valence-electron chi connectivity index (χ2n) is 5.88. The maximum Gasteiger partial charge on any atom is 0.279 e. The SMILES string of the molecule is O=S(=O)(c1ccccc1)N1N=C(c2cccc(F)c2)C[C@H]1c1ccco1. The molecule has 132 valence electrons. The van der Waals surface area contributed by atoms with Crippen LogP contribution >= 0.6 is 0 Å². The van der Waals surface area contributed by atoms with Crippen LogP contribution in [0.2, 0.25) is 0 Å². The Morgan fingerprint density at radius 1 is 1.04 bits per heavy atom. The summed E-state index contributed by atoms with van der Waals surface area (Å²) in [7, 11) is -3.87. The van der Waals surface area contributed by atoms with Gasteiger partial charge in [-0.05, 0) is 36.4 Å². The third kappa shape index (κ3) is 2.90. The van der Waals surface area contributed by atoms with E-state index in [1.165, 1.54) is 30.5 Å². The van der Waals surface area contributed by atoms with Crippen molar-refractivity contribution in [2.24, 2.45) is 5.10 Å². The fourth-order valence-electron chi connectivity index (χ4n) is 2.95. The van der Waals surface area contributed by atoms with Crippen molar-refractivity contribution in [2.75, 3.05) is 0 Å². The van der Waals surface area contributed by atoms with Crippen LogP contribution in [0, 0.1) is 5.82 Å². The van der Waals surface area contributed by atoms with Gasteiger partial charge in [0.2, 0.25) is 0 Å². The molecule has 7 heteroatoms. The van der Waals surface area contributed by atoms with Crippen molar-refractivity contribution in [3.05, 3.63) is 90.1 Å². The maximum atomic E-state index is 13.6. The highest BCUT2D eigenvalue weighted by molar-refractivity contribution is 7.89. The molecule has 4 rings (SSSR count). The number of sulfonamides is 1. The Hall–Kier alpha value is -2.93. The highest BCUT2D eigenvalue weighted by Crippen LogP contribution is 2.37. The smallest absolute Gasteiger partial charge is 0.279 e. The Labute approximate surface area is 150 Å². The summed E-state index contributed by atoms with van der Waals surface area (Å²) in [4.78, 5) is 0.140. The molecule has 2 aromatic carbocycles. The van der Waals surface area contributed by atoms with Crippen molar-refractivity contribution in [1.82, 2.24) is 4.41 Å². The van der Waals surface area contributed by atoms with Crippen LogP contribution < -0.4 is 0 Å². The van der Waals surface area contributed by atoms with Crippen LogP contribution in [0.25, 0.3) is 0 Å². The van der Waals surface area contributed by atoms with E-state index in [4.69, 9.17) is 4.42 Å². The summed E-state index contributed by atoms with van der Waals surface area (Å²) in [6.07, 6.45) is 1.78. The van der Waals surface area contributed by atoms with E-state index in [1.807, 2.05) is 0 Å². The molecule has 0 unspecified atom stereocenters. The zero-order valence-corrected chi connectivity index (χ0v) is 14.4. The lowest BCUT2D eigenvalue weighted by Crippen LogP contribution is -2.27. The van der Waals surface area contributed by atoms with Crippen molar-refractivity contribution >= 4 is 15.7 Å². The first-order valence-corrected chi connectivity index (χ1v) is 9.46. The van der Waals surface area contributed by atoms with Crippen molar-refractivity contribution in [2.45, 2.75) is 17.4 Å². The van der Waals surface area contributed by atoms with E-state index < -0.39 is 21.9 Å². The summed E-state index contributed by atoms with van der Waals surface area (Å²) in [5.41, 5.74) is 1.04. The zero-order valence-electron chi connectivity index (χ0n) is 13.6. The van der Waals surface area contributed by atoms with Gasteiger partial charge in [0.15, 0.2) is 0 Å². The lowest BCUT2D eigenvalue weighted by Gasteiger charge is -2.21. The third-order valence-electron chi connectivity index (χ3n) is 4.19. The van der Waals surface area contributed by atoms with Crippen LogP contribution in [0.3, 0.4) is 0 Å². The molecule has 3 aromatic rings. The van der Waals surface area contributed by atoms with Gasteiger partial charge in [-0.2, -0.15) is 17.9 Å². The fourth-order valence-corrected chi connectivity index (χ4v) is 4.38. The van der Waals surface area contributed by atoms with Gasteiger partial charge < -0.3 is 4.42 Å². The van der Waals surface area contributed by atoms with Crippen LogP contribution in [0.1, 0.15) is 23.8 Å². The van der Waals surface area contributed by atoms with Gasteiger partial charge in [-0.25, -0.2) is 4.39 Å². The van der Waals surface area contributed by atoms with E-state index >= 15 is 0 Å². The molecule has 26 heavy (non-hydrogen) atoms. The molecule has 0 N–H and O–H groups in total. The number of nitrogens with zero attached hydrogens (tertiary/aromatic N) is 2. The molecule has 1 aromatic heterocycles. The maximum absolute atomic E-state index is 13.6. The summed E-state index contributed by atoms with van der Waals surface area (Å²) in [5, 5.41) is 4.32. The summed E-state index contributed by atoms with van der Waals surface area (Å²) in [6.45, 7) is 0. The molecule has 1 aliphatic rings. The zero-order chi connectivity index (χ0) is 18.1. The molecule has 0 aliphatic carbocycles. The van der Waals surface area contributed by atoms with Crippen LogP contribution in [-0.2, 0) is 10.0 Å². The topological polar surface area (TPSA) is 62.9 Å². The predicted octanol–water partition coefficient (Wildman–Crippen LogP) is 3.96. The molecule has 0 saturated carbocycles. The number of halogens is 1. The average molecular weight is 370 g/mol. The van der Waals surface area contributed by atoms with Gasteiger partial charge in [-0.1, -0.05) is 30.3 Å². The van der Waals surface area contributed by atoms with Crippen LogP contribution in [0.15, 0.2) is 87.4 Å². The minimum Gasteiger partial charge on any atom is -0.467 e. The second-order valence-corrected chi connectivity index (χ2v) is 7.68. The molecular formula is C19H15FN2O3S. The Bertz CT molecular complexity index is 1050. The molecule has 0 saturated heterocycles. The highest BCUT2D eigenvalue weighted by atomic mass is 32.2. The molecule has 0 radical (unpaired) electrons. The van der Waals surface area contributed by atoms with Crippen molar-refractivity contribution < 1.29 is 17.2 Å². The Kier molecular flexibility index (Phi) is 4.08. The predicted molar refractivity (Wildman–Crippen MR) is 94.5 cm³/mol. The summed E-state index contributed by atoms with van der Waals surface area (Å²) < 4.78 is 46.2. The van der Waals surface area contributed by atoms with E-state index in [2.05, 4.69) is 5.10 Å². The summed E-state index contributed by atoms with van der Waals surface area (Å²) >= 11 is 0. The lowest BCUT2D eigenvalue weighted by molar-refractivity contribution is 0.320. The van der Waals surface area contributed by atoms with Gasteiger partial charge in [-0.15, -0.1) is 0 Å². The van der Waals surface area contributed by atoms with Gasteiger partial charge >= 0.3 is 0 Å². The second kappa shape index (κ2) is 6.42. The largest absolute Gasteiger partial charge is 0.467 e. The van der Waals surface area contributed by atoms with Gasteiger partial charge in [-0.3, -0.25) is 0 Å². The normalized spacial score (nSPS) is 17.3. The van der Waals surface area contributed by atoms with E-state index in [0.29, 0.717) is 23.5 Å². The first-order valence-electron chi connectivity index (χ1n) is 8.02. The van der Waals surface area contributed by atoms with Crippen molar-refractivity contribution in [3.63, 3.8) is 0 Å². The molecular weight excluding hydrogens is 355 g/mol. The molecule has 1 atom stereocenters. The number of furan rings is 1. The lowest BCUT2D eigenvalue weighted by atomic mass is 10.0. The number of hydrogen-bond acceptors (Lipinski definition) is 4. The summed E-state index contributed by atoms with van der Waals surface area (Å²) in [6, 6.07) is 16.8. The van der Waals surface area contributed by atoms with Crippen LogP contribution in [0.5, 0.6) is 0 Å². The summed E-state index contributed by atoms with van der Waals surface area (Å²) in [5.74, 6) is 0.0868. The molecule has 5 nitrogen and oxygen atoms in total. The van der Waals surface area contributed by atoms with Crippen LogP contribution in [-0.4, -0.2) is 18.5 Å². The molecule has 0 amide bonds. The molecule has 0 spiro atoms. The highest BCUT2D eigenvalue weighted by Gasteiger charge is 2.39. The van der Waals surface area contributed by atoms with E-state index in [9.17, 15) is 12.8 Å². The minimum absolute atomic E-state index is 0.140. The first-order chi connectivity index (χ1) is 12.6. The van der Waals surface area contributed by atoms with Crippen molar-refractivity contribution in [3.8, 4) is 0 Å². The monoisotopic (exact) mass is 370 g/mol. The number of rotatable bonds is 4. The number of benzene rings is 2. The fraction of sp³-hybridized carbons (Fsp3) is 0.105. The number of hydrogen-bond donors (Lipinski definition) is 0. The van der Waals surface area contributed by atoms with Gasteiger partial charge in [0.05, 0.1) is 16.9 Å². The van der Waals surface area contributed by atoms with Crippen LogP contribution in [0.4, 0.5) is 4.39 Å². The van der Waals surface area contributed by atoms with E-state index in [-0.39, 0.29) is 4.90 Å². The average Bonchev–Trinajstić information content (AvgIpc) is 3.32. The number of hydrazone groups is 1. The Balaban J connectivity index is 1.80. The van der Waals surface area contributed by atoms with Gasteiger partial charge in [0.1, 0.15) is 17.6 Å². The van der Waals surface area contributed by atoms with E-state index in [1.54, 1.807) is 42.5 Å². The minimum atomic E-state index is -3.87. The standard InChI is InChI=1S/C19H15FN2O3S/c20-15-7-4-6-14(12-15)17-13-18(19-10-5-11-25-19)22(21-17)26(23,24)16-8-2-1-3-9-16/h1-12,18H,13H2/t18-/m0/s1. The molecule has 0 fully saturated rings. The molecule has 2 heterocycles. The van der Waals surface area contributed by atoms with Crippen molar-refractivity contribution in [1.29, 1.82) is 0 Å².